The molecule has 0 aromatic carbocycles. The summed E-state index contributed by atoms with van der Waals surface area (Å²) in [5, 5.41) is 12.5. The summed E-state index contributed by atoms with van der Waals surface area (Å²) in [6.07, 6.45) is 1.47. The zero-order valence-electron chi connectivity index (χ0n) is 8.19. The van der Waals surface area contributed by atoms with Gasteiger partial charge < -0.3 is 15.2 Å². The van der Waals surface area contributed by atoms with Crippen molar-refractivity contribution in [1.82, 2.24) is 9.36 Å². The maximum absolute atomic E-state index is 8.58. The molecule has 1 aromatic heterocycles. The second-order valence-electron chi connectivity index (χ2n) is 2.76. The lowest BCUT2D eigenvalue weighted by molar-refractivity contribution is 0.201. The van der Waals surface area contributed by atoms with Crippen molar-refractivity contribution in [2.24, 2.45) is 0 Å². The minimum atomic E-state index is 0.197. The van der Waals surface area contributed by atoms with Crippen LogP contribution < -0.4 is 5.32 Å². The molecule has 1 rings (SSSR count). The van der Waals surface area contributed by atoms with E-state index >= 15 is 0 Å². The van der Waals surface area contributed by atoms with Gasteiger partial charge in [0.2, 0.25) is 5.13 Å². The van der Waals surface area contributed by atoms with Crippen LogP contribution in [0.4, 0.5) is 5.13 Å². The monoisotopic (exact) mass is 217 g/mol. The third kappa shape index (κ3) is 3.99. The molecule has 80 valence electrons. The van der Waals surface area contributed by atoms with Crippen LogP contribution in [-0.2, 0) is 11.2 Å². The molecule has 6 heteroatoms. The van der Waals surface area contributed by atoms with Gasteiger partial charge in [-0.2, -0.15) is 4.37 Å². The van der Waals surface area contributed by atoms with Crippen LogP contribution in [0.25, 0.3) is 0 Å². The number of aliphatic hydroxyl groups is 1. The van der Waals surface area contributed by atoms with E-state index in [2.05, 4.69) is 14.7 Å². The Morgan fingerprint density at radius 3 is 3.14 bits per heavy atom. The van der Waals surface area contributed by atoms with Crippen LogP contribution in [0.1, 0.15) is 12.2 Å². The number of aliphatic hydroxyl groups excluding tert-OH is 1. The fourth-order valence-electron chi connectivity index (χ4n) is 0.895. The van der Waals surface area contributed by atoms with Gasteiger partial charge in [-0.05, 0) is 6.42 Å². The van der Waals surface area contributed by atoms with Gasteiger partial charge in [-0.15, -0.1) is 0 Å². The second kappa shape index (κ2) is 6.69. The van der Waals surface area contributed by atoms with Gasteiger partial charge in [-0.3, -0.25) is 0 Å². The van der Waals surface area contributed by atoms with Crippen LogP contribution in [-0.4, -0.2) is 41.3 Å². The molecule has 0 unspecified atom stereocenters. The molecule has 14 heavy (non-hydrogen) atoms. The SMILES string of the molecule is COCCc1nsc(NCCCO)n1. The van der Waals surface area contributed by atoms with Gasteiger partial charge >= 0.3 is 0 Å². The van der Waals surface area contributed by atoms with E-state index in [0.29, 0.717) is 6.61 Å². The first kappa shape index (κ1) is 11.4. The molecule has 0 fully saturated rings. The van der Waals surface area contributed by atoms with Gasteiger partial charge in [-0.1, -0.05) is 0 Å². The van der Waals surface area contributed by atoms with Crippen molar-refractivity contribution in [2.45, 2.75) is 12.8 Å². The van der Waals surface area contributed by atoms with Crippen molar-refractivity contribution in [3.8, 4) is 0 Å². The minimum Gasteiger partial charge on any atom is -0.396 e. The molecular weight excluding hydrogens is 202 g/mol. The Kier molecular flexibility index (Phi) is 5.43. The molecule has 0 saturated carbocycles. The fourth-order valence-corrected chi connectivity index (χ4v) is 1.53. The van der Waals surface area contributed by atoms with Crippen molar-refractivity contribution in [3.63, 3.8) is 0 Å². The first-order valence-corrected chi connectivity index (χ1v) is 5.30. The Hall–Kier alpha value is -0.720. The zero-order chi connectivity index (χ0) is 10.2. The van der Waals surface area contributed by atoms with Crippen LogP contribution in [0.3, 0.4) is 0 Å². The van der Waals surface area contributed by atoms with E-state index in [4.69, 9.17) is 9.84 Å². The Balaban J connectivity index is 2.27. The number of methoxy groups -OCH3 is 1. The van der Waals surface area contributed by atoms with E-state index in [9.17, 15) is 0 Å². The molecule has 2 N–H and O–H groups in total. The van der Waals surface area contributed by atoms with Crippen LogP contribution >= 0.6 is 11.5 Å². The van der Waals surface area contributed by atoms with Crippen LogP contribution in [0.5, 0.6) is 0 Å². The molecule has 0 aliphatic carbocycles. The number of ether oxygens (including phenoxy) is 1. The first-order chi connectivity index (χ1) is 6.86. The average Bonchev–Trinajstić information content (AvgIpc) is 2.63. The lowest BCUT2D eigenvalue weighted by Crippen LogP contribution is -2.03. The molecule has 0 aliphatic heterocycles. The highest BCUT2D eigenvalue weighted by Gasteiger charge is 2.02. The highest BCUT2D eigenvalue weighted by molar-refractivity contribution is 7.09. The predicted molar refractivity (Wildman–Crippen MR) is 55.7 cm³/mol. The van der Waals surface area contributed by atoms with Gasteiger partial charge in [0.15, 0.2) is 0 Å². The predicted octanol–water partition coefficient (Wildman–Crippen LogP) is 0.521. The van der Waals surface area contributed by atoms with Crippen molar-refractivity contribution in [1.29, 1.82) is 0 Å². The summed E-state index contributed by atoms with van der Waals surface area (Å²) in [7, 11) is 1.66. The fraction of sp³-hybridized carbons (Fsp3) is 0.750. The van der Waals surface area contributed by atoms with Crippen LogP contribution in [0.2, 0.25) is 0 Å². The number of nitrogens with zero attached hydrogens (tertiary/aromatic N) is 2. The third-order valence-electron chi connectivity index (χ3n) is 1.61. The summed E-state index contributed by atoms with van der Waals surface area (Å²) >= 11 is 1.34. The van der Waals surface area contributed by atoms with Crippen molar-refractivity contribution in [2.75, 3.05) is 32.2 Å². The molecule has 0 radical (unpaired) electrons. The number of nitrogens with one attached hydrogen (secondary N) is 1. The molecule has 1 heterocycles. The molecule has 0 amide bonds. The lowest BCUT2D eigenvalue weighted by atomic mass is 10.4. The molecule has 0 atom stereocenters. The summed E-state index contributed by atoms with van der Waals surface area (Å²) in [5.74, 6) is 0.809. The number of hydrogen-bond donors (Lipinski definition) is 2. The number of hydrogen-bond acceptors (Lipinski definition) is 6. The normalized spacial score (nSPS) is 10.4. The molecular formula is C8H15N3O2S. The van der Waals surface area contributed by atoms with E-state index in [1.807, 2.05) is 0 Å². The summed E-state index contributed by atoms with van der Waals surface area (Å²) in [6.45, 7) is 1.57. The van der Waals surface area contributed by atoms with Crippen molar-refractivity contribution >= 4 is 16.7 Å². The lowest BCUT2D eigenvalue weighted by Gasteiger charge is -1.97. The minimum absolute atomic E-state index is 0.197. The van der Waals surface area contributed by atoms with E-state index in [0.717, 1.165) is 30.3 Å². The van der Waals surface area contributed by atoms with E-state index in [-0.39, 0.29) is 6.61 Å². The topological polar surface area (TPSA) is 67.3 Å². The Morgan fingerprint density at radius 1 is 1.57 bits per heavy atom. The van der Waals surface area contributed by atoms with Gasteiger partial charge in [0.25, 0.3) is 0 Å². The summed E-state index contributed by atoms with van der Waals surface area (Å²) in [4.78, 5) is 4.25. The Bertz CT molecular complexity index is 254. The van der Waals surface area contributed by atoms with Gasteiger partial charge in [-0.25, -0.2) is 4.98 Å². The molecule has 1 aromatic rings. The average molecular weight is 217 g/mol. The summed E-state index contributed by atoms with van der Waals surface area (Å²) in [6, 6.07) is 0. The number of anilines is 1. The molecule has 0 saturated heterocycles. The zero-order valence-corrected chi connectivity index (χ0v) is 9.01. The molecule has 0 bridgehead atoms. The first-order valence-electron chi connectivity index (χ1n) is 4.53. The van der Waals surface area contributed by atoms with Crippen LogP contribution in [0, 0.1) is 0 Å². The largest absolute Gasteiger partial charge is 0.396 e. The molecule has 0 aliphatic rings. The van der Waals surface area contributed by atoms with Crippen molar-refractivity contribution < 1.29 is 9.84 Å². The highest BCUT2D eigenvalue weighted by atomic mass is 32.1. The van der Waals surface area contributed by atoms with Gasteiger partial charge in [0.05, 0.1) is 6.61 Å². The van der Waals surface area contributed by atoms with Gasteiger partial charge in [0, 0.05) is 38.2 Å². The number of aromatic nitrogens is 2. The molecule has 0 spiro atoms. The smallest absolute Gasteiger partial charge is 0.202 e. The molecule has 5 nitrogen and oxygen atoms in total. The van der Waals surface area contributed by atoms with E-state index in [1.165, 1.54) is 11.5 Å². The van der Waals surface area contributed by atoms with E-state index in [1.54, 1.807) is 7.11 Å². The Labute approximate surface area is 87.3 Å². The summed E-state index contributed by atoms with van der Waals surface area (Å²) < 4.78 is 9.08. The standard InChI is InChI=1S/C8H15N3O2S/c1-13-6-3-7-10-8(14-11-7)9-4-2-5-12/h12H,2-6H2,1H3,(H,9,10,11). The second-order valence-corrected chi connectivity index (χ2v) is 3.51. The third-order valence-corrected chi connectivity index (χ3v) is 2.32. The van der Waals surface area contributed by atoms with E-state index < -0.39 is 0 Å². The number of rotatable bonds is 7. The van der Waals surface area contributed by atoms with Gasteiger partial charge in [0.1, 0.15) is 5.82 Å². The summed E-state index contributed by atoms with van der Waals surface area (Å²) in [5.41, 5.74) is 0. The Morgan fingerprint density at radius 2 is 2.43 bits per heavy atom. The van der Waals surface area contributed by atoms with Crippen LogP contribution in [0.15, 0.2) is 0 Å². The highest BCUT2D eigenvalue weighted by Crippen LogP contribution is 2.10. The maximum Gasteiger partial charge on any atom is 0.202 e. The maximum atomic E-state index is 8.58. The van der Waals surface area contributed by atoms with Crippen molar-refractivity contribution in [3.05, 3.63) is 5.82 Å². The quantitative estimate of drug-likeness (QED) is 0.652.